The summed E-state index contributed by atoms with van der Waals surface area (Å²) in [4.78, 5) is 20.7. The fraction of sp³-hybridized carbons (Fsp3) is 0.158. The summed E-state index contributed by atoms with van der Waals surface area (Å²) in [6.45, 7) is 3.79. The quantitative estimate of drug-likeness (QED) is 0.490. The van der Waals surface area contributed by atoms with Crippen molar-refractivity contribution in [3.63, 3.8) is 0 Å². The second-order valence-corrected chi connectivity index (χ2v) is 6.55. The number of benzene rings is 2. The summed E-state index contributed by atoms with van der Waals surface area (Å²) in [7, 11) is 0. The Morgan fingerprint density at radius 3 is 2.33 bits per heavy atom. The highest BCUT2D eigenvalue weighted by Crippen LogP contribution is 2.28. The van der Waals surface area contributed by atoms with E-state index in [0.29, 0.717) is 0 Å². The number of non-ortho nitro benzene ring substituents is 1. The second-order valence-electron chi connectivity index (χ2n) is 6.55. The van der Waals surface area contributed by atoms with Gasteiger partial charge in [-0.15, -0.1) is 0 Å². The number of hydrogen-bond acceptors (Lipinski definition) is 7. The zero-order valence-corrected chi connectivity index (χ0v) is 15.0. The minimum absolute atomic E-state index is 0.0559. The van der Waals surface area contributed by atoms with E-state index in [1.54, 1.807) is 11.0 Å². The lowest BCUT2D eigenvalue weighted by Gasteiger charge is -2.38. The number of aliphatic imine (C=N–C) groups is 2. The molecule has 27 heavy (non-hydrogen) atoms. The van der Waals surface area contributed by atoms with Gasteiger partial charge in [-0.3, -0.25) is 15.0 Å². The maximum Gasteiger partial charge on any atom is 0.270 e. The highest BCUT2D eigenvalue weighted by atomic mass is 16.6. The monoisotopic (exact) mass is 364 g/mol. The van der Waals surface area contributed by atoms with Gasteiger partial charge in [0.05, 0.1) is 4.92 Å². The molecule has 0 bridgehead atoms. The van der Waals surface area contributed by atoms with Crippen LogP contribution >= 0.6 is 0 Å². The van der Waals surface area contributed by atoms with Gasteiger partial charge < -0.3 is 11.5 Å². The first kappa shape index (κ1) is 18.1. The lowest BCUT2D eigenvalue weighted by atomic mass is 10.1. The molecular formula is C19H20N6O2. The normalized spacial score (nSPS) is 16.1. The van der Waals surface area contributed by atoms with Gasteiger partial charge >= 0.3 is 0 Å². The number of nitro groups is 1. The molecule has 0 spiro atoms. The van der Waals surface area contributed by atoms with Gasteiger partial charge in [-0.1, -0.05) is 36.4 Å². The molecule has 0 aliphatic carbocycles. The summed E-state index contributed by atoms with van der Waals surface area (Å²) in [5.41, 5.74) is 13.6. The first-order valence-corrected chi connectivity index (χ1v) is 8.28. The predicted octanol–water partition coefficient (Wildman–Crippen LogP) is 2.95. The van der Waals surface area contributed by atoms with Gasteiger partial charge in [-0.2, -0.15) is 4.99 Å². The first-order chi connectivity index (χ1) is 12.8. The minimum Gasteiger partial charge on any atom is -0.369 e. The van der Waals surface area contributed by atoms with Crippen LogP contribution in [0.25, 0.3) is 12.2 Å². The lowest BCUT2D eigenvalue weighted by Crippen LogP contribution is -2.54. The van der Waals surface area contributed by atoms with Gasteiger partial charge in [-0.25, -0.2) is 4.99 Å². The van der Waals surface area contributed by atoms with Crippen molar-refractivity contribution < 1.29 is 4.92 Å². The Kier molecular flexibility index (Phi) is 4.64. The molecule has 0 atom stereocenters. The Hall–Kier alpha value is -3.68. The van der Waals surface area contributed by atoms with E-state index in [1.165, 1.54) is 12.1 Å². The molecule has 0 unspecified atom stereocenters. The molecule has 0 saturated heterocycles. The molecule has 138 valence electrons. The fourth-order valence-corrected chi connectivity index (χ4v) is 2.95. The van der Waals surface area contributed by atoms with Gasteiger partial charge in [0.1, 0.15) is 5.66 Å². The molecule has 8 heteroatoms. The van der Waals surface area contributed by atoms with Gasteiger partial charge in [0, 0.05) is 17.8 Å². The summed E-state index contributed by atoms with van der Waals surface area (Å²) in [5, 5.41) is 10.9. The zero-order chi connectivity index (χ0) is 19.6. The molecule has 3 rings (SSSR count). The third-order valence-corrected chi connectivity index (χ3v) is 4.07. The molecule has 0 saturated carbocycles. The van der Waals surface area contributed by atoms with E-state index in [1.807, 2.05) is 56.3 Å². The molecule has 0 amide bonds. The zero-order valence-electron chi connectivity index (χ0n) is 15.0. The minimum atomic E-state index is -0.668. The topological polar surface area (TPSA) is 123 Å². The Balaban J connectivity index is 1.89. The summed E-state index contributed by atoms with van der Waals surface area (Å²) in [6, 6.07) is 14.1. The number of nitro benzene ring substituents is 1. The van der Waals surface area contributed by atoms with Crippen LogP contribution in [0.5, 0.6) is 0 Å². The van der Waals surface area contributed by atoms with Crippen LogP contribution in [-0.4, -0.2) is 22.5 Å². The maximum atomic E-state index is 10.9. The van der Waals surface area contributed by atoms with Gasteiger partial charge in [0.15, 0.2) is 0 Å². The number of nitrogens with zero attached hydrogens (tertiary/aromatic N) is 4. The molecule has 4 N–H and O–H groups in total. The van der Waals surface area contributed by atoms with Crippen LogP contribution in [0.2, 0.25) is 0 Å². The van der Waals surface area contributed by atoms with Crippen molar-refractivity contribution in [2.24, 2.45) is 21.5 Å². The van der Waals surface area contributed by atoms with Crippen molar-refractivity contribution >= 4 is 35.4 Å². The van der Waals surface area contributed by atoms with Crippen molar-refractivity contribution in [1.29, 1.82) is 0 Å². The van der Waals surface area contributed by atoms with Gasteiger partial charge in [0.2, 0.25) is 11.9 Å². The Morgan fingerprint density at radius 2 is 1.70 bits per heavy atom. The standard InChI is InChI=1S/C19H20N6O2/c1-19(2)23-17(20)22-18(21)24(19)15-7-3-5-13(11-15)9-10-14-6-4-8-16(12-14)25(26)27/h3-12H,1-2H3,(H4,20,21,22,23). The summed E-state index contributed by atoms with van der Waals surface area (Å²) in [6.07, 6.45) is 3.70. The number of guanidine groups is 2. The van der Waals surface area contributed by atoms with E-state index in [-0.39, 0.29) is 17.6 Å². The van der Waals surface area contributed by atoms with Crippen LogP contribution < -0.4 is 16.4 Å². The molecule has 2 aromatic carbocycles. The smallest absolute Gasteiger partial charge is 0.270 e. The summed E-state index contributed by atoms with van der Waals surface area (Å²) in [5.74, 6) is 0.419. The molecule has 0 aromatic heterocycles. The third-order valence-electron chi connectivity index (χ3n) is 4.07. The number of rotatable bonds is 4. The van der Waals surface area contributed by atoms with Crippen molar-refractivity contribution in [1.82, 2.24) is 0 Å². The molecular weight excluding hydrogens is 344 g/mol. The van der Waals surface area contributed by atoms with Crippen molar-refractivity contribution in [3.8, 4) is 0 Å². The molecule has 0 fully saturated rings. The van der Waals surface area contributed by atoms with Gasteiger partial charge in [-0.05, 0) is 37.1 Å². The lowest BCUT2D eigenvalue weighted by molar-refractivity contribution is -0.384. The van der Waals surface area contributed by atoms with Crippen LogP contribution in [0.15, 0.2) is 58.5 Å². The predicted molar refractivity (Wildman–Crippen MR) is 108 cm³/mol. The summed E-state index contributed by atoms with van der Waals surface area (Å²) < 4.78 is 0. The molecule has 1 aliphatic rings. The number of hydrogen-bond donors (Lipinski definition) is 2. The van der Waals surface area contributed by atoms with Crippen molar-refractivity contribution in [2.45, 2.75) is 19.5 Å². The van der Waals surface area contributed by atoms with Crippen molar-refractivity contribution in [2.75, 3.05) is 4.90 Å². The van der Waals surface area contributed by atoms with Crippen LogP contribution in [0.3, 0.4) is 0 Å². The van der Waals surface area contributed by atoms with Crippen LogP contribution in [0.4, 0.5) is 11.4 Å². The molecule has 2 aromatic rings. The fourth-order valence-electron chi connectivity index (χ4n) is 2.95. The highest BCUT2D eigenvalue weighted by Gasteiger charge is 2.32. The third kappa shape index (κ3) is 3.95. The van der Waals surface area contributed by atoms with E-state index in [4.69, 9.17) is 11.5 Å². The molecule has 0 radical (unpaired) electrons. The van der Waals surface area contributed by atoms with E-state index in [0.717, 1.165) is 16.8 Å². The van der Waals surface area contributed by atoms with Crippen LogP contribution in [0, 0.1) is 10.1 Å². The van der Waals surface area contributed by atoms with E-state index in [9.17, 15) is 10.1 Å². The van der Waals surface area contributed by atoms with Crippen LogP contribution in [0.1, 0.15) is 25.0 Å². The van der Waals surface area contributed by atoms with Crippen molar-refractivity contribution in [3.05, 3.63) is 69.8 Å². The molecule has 8 nitrogen and oxygen atoms in total. The van der Waals surface area contributed by atoms with Crippen LogP contribution in [-0.2, 0) is 0 Å². The average molecular weight is 364 g/mol. The number of anilines is 1. The first-order valence-electron chi connectivity index (χ1n) is 8.28. The molecule has 1 aliphatic heterocycles. The Bertz CT molecular complexity index is 978. The summed E-state index contributed by atoms with van der Waals surface area (Å²) >= 11 is 0. The SMILES string of the molecule is CC1(C)N=C(N)N=C(N)N1c1cccc(C=Cc2cccc([N+](=O)[O-])c2)c1. The largest absolute Gasteiger partial charge is 0.369 e. The van der Waals surface area contributed by atoms with Gasteiger partial charge in [0.25, 0.3) is 5.69 Å². The molecule has 1 heterocycles. The number of nitrogens with two attached hydrogens (primary N) is 2. The Morgan fingerprint density at radius 1 is 1.07 bits per heavy atom. The average Bonchev–Trinajstić information content (AvgIpc) is 2.59. The van der Waals surface area contributed by atoms with E-state index in [2.05, 4.69) is 9.98 Å². The van der Waals surface area contributed by atoms with E-state index < -0.39 is 10.6 Å². The van der Waals surface area contributed by atoms with E-state index >= 15 is 0 Å². The highest BCUT2D eigenvalue weighted by molar-refractivity contribution is 6.05. The Labute approximate surface area is 156 Å². The maximum absolute atomic E-state index is 10.9. The second kappa shape index (κ2) is 6.91.